The summed E-state index contributed by atoms with van der Waals surface area (Å²) in [6, 6.07) is 14.3. The van der Waals surface area contributed by atoms with E-state index in [1.54, 1.807) is 6.92 Å². The summed E-state index contributed by atoms with van der Waals surface area (Å²) in [5.41, 5.74) is 1.56. The molecule has 0 amide bonds. The highest BCUT2D eigenvalue weighted by Gasteiger charge is 2.30. The second kappa shape index (κ2) is 7.55. The third kappa shape index (κ3) is 3.94. The van der Waals surface area contributed by atoms with Crippen molar-refractivity contribution in [2.24, 2.45) is 5.92 Å². The van der Waals surface area contributed by atoms with E-state index in [0.29, 0.717) is 24.6 Å². The average molecular weight is 374 g/mol. The van der Waals surface area contributed by atoms with Gasteiger partial charge >= 0.3 is 0 Å². The van der Waals surface area contributed by atoms with Gasteiger partial charge in [0, 0.05) is 24.7 Å². The predicted octanol–water partition coefficient (Wildman–Crippen LogP) is 3.55. The summed E-state index contributed by atoms with van der Waals surface area (Å²) in [6.45, 7) is 2.49. The van der Waals surface area contributed by atoms with Crippen molar-refractivity contribution in [1.82, 2.24) is 4.31 Å². The number of aryl methyl sites for hydroxylation is 1. The molecule has 1 saturated heterocycles. The van der Waals surface area contributed by atoms with Crippen molar-refractivity contribution in [2.75, 3.05) is 13.1 Å². The SMILES string of the molecule is Cc1ccc(S(=O)(=O)N2CCC(Cc3ccccc3)CC2)cc1[N+](=O)[O-]. The van der Waals surface area contributed by atoms with Crippen molar-refractivity contribution < 1.29 is 13.3 Å². The van der Waals surface area contributed by atoms with E-state index in [2.05, 4.69) is 12.1 Å². The van der Waals surface area contributed by atoms with E-state index in [9.17, 15) is 18.5 Å². The second-order valence-electron chi connectivity index (χ2n) is 6.74. The number of rotatable bonds is 5. The van der Waals surface area contributed by atoms with Gasteiger partial charge in [-0.15, -0.1) is 0 Å². The molecule has 2 aromatic rings. The summed E-state index contributed by atoms with van der Waals surface area (Å²) in [6.07, 6.45) is 2.54. The molecule has 0 atom stereocenters. The molecule has 138 valence electrons. The molecule has 0 bridgehead atoms. The largest absolute Gasteiger partial charge is 0.273 e. The maximum absolute atomic E-state index is 12.8. The molecule has 0 saturated carbocycles. The minimum absolute atomic E-state index is 0.00342. The standard InChI is InChI=1S/C19H22N2O4S/c1-15-7-8-18(14-19(15)21(22)23)26(24,25)20-11-9-17(10-12-20)13-16-5-3-2-4-6-16/h2-8,14,17H,9-13H2,1H3. The van der Waals surface area contributed by atoms with Crippen molar-refractivity contribution in [3.05, 3.63) is 69.8 Å². The third-order valence-corrected chi connectivity index (χ3v) is 6.85. The molecule has 1 aliphatic rings. The van der Waals surface area contributed by atoms with Crippen LogP contribution in [0.1, 0.15) is 24.0 Å². The fourth-order valence-electron chi connectivity index (χ4n) is 3.40. The molecule has 7 heteroatoms. The van der Waals surface area contributed by atoms with Crippen LogP contribution in [0.25, 0.3) is 0 Å². The number of benzene rings is 2. The van der Waals surface area contributed by atoms with E-state index in [-0.39, 0.29) is 10.6 Å². The Kier molecular flexibility index (Phi) is 5.38. The summed E-state index contributed by atoms with van der Waals surface area (Å²) in [5, 5.41) is 11.1. The Balaban J connectivity index is 1.70. The fourth-order valence-corrected chi connectivity index (χ4v) is 4.89. The van der Waals surface area contributed by atoms with Crippen LogP contribution in [-0.4, -0.2) is 30.7 Å². The summed E-state index contributed by atoms with van der Waals surface area (Å²) < 4.78 is 27.1. The Labute approximate surface area is 153 Å². The van der Waals surface area contributed by atoms with E-state index < -0.39 is 14.9 Å². The number of hydrogen-bond donors (Lipinski definition) is 0. The topological polar surface area (TPSA) is 80.5 Å². The van der Waals surface area contributed by atoms with Crippen LogP contribution in [0, 0.1) is 23.0 Å². The first-order valence-electron chi connectivity index (χ1n) is 8.67. The van der Waals surface area contributed by atoms with Gasteiger partial charge in [-0.2, -0.15) is 4.31 Å². The number of nitro benzene ring substituents is 1. The van der Waals surface area contributed by atoms with Gasteiger partial charge in [0.25, 0.3) is 5.69 Å². The molecule has 26 heavy (non-hydrogen) atoms. The van der Waals surface area contributed by atoms with E-state index in [0.717, 1.165) is 19.3 Å². The predicted molar refractivity (Wildman–Crippen MR) is 99.5 cm³/mol. The zero-order valence-electron chi connectivity index (χ0n) is 14.7. The number of sulfonamides is 1. The van der Waals surface area contributed by atoms with Crippen LogP contribution in [0.5, 0.6) is 0 Å². The lowest BCUT2D eigenvalue weighted by Gasteiger charge is -2.31. The van der Waals surface area contributed by atoms with E-state index >= 15 is 0 Å². The quantitative estimate of drug-likeness (QED) is 0.592. The number of hydrogen-bond acceptors (Lipinski definition) is 4. The molecule has 0 N–H and O–H groups in total. The Morgan fingerprint density at radius 3 is 2.38 bits per heavy atom. The first kappa shape index (κ1) is 18.5. The van der Waals surface area contributed by atoms with Gasteiger partial charge in [-0.1, -0.05) is 36.4 Å². The van der Waals surface area contributed by atoms with Crippen LogP contribution in [0.2, 0.25) is 0 Å². The Hall–Kier alpha value is -2.25. The van der Waals surface area contributed by atoms with Crippen LogP contribution in [-0.2, 0) is 16.4 Å². The number of nitro groups is 1. The molecular weight excluding hydrogens is 352 g/mol. The van der Waals surface area contributed by atoms with Crippen molar-refractivity contribution in [3.8, 4) is 0 Å². The molecule has 1 aliphatic heterocycles. The van der Waals surface area contributed by atoms with E-state index in [1.165, 1.54) is 28.1 Å². The molecule has 0 spiro atoms. The Morgan fingerprint density at radius 2 is 1.77 bits per heavy atom. The monoisotopic (exact) mass is 374 g/mol. The highest BCUT2D eigenvalue weighted by atomic mass is 32.2. The molecule has 0 radical (unpaired) electrons. The van der Waals surface area contributed by atoms with Crippen molar-refractivity contribution in [1.29, 1.82) is 0 Å². The summed E-state index contributed by atoms with van der Waals surface area (Å²) in [4.78, 5) is 10.5. The van der Waals surface area contributed by atoms with Gasteiger partial charge in [-0.05, 0) is 43.7 Å². The van der Waals surface area contributed by atoms with Crippen molar-refractivity contribution in [3.63, 3.8) is 0 Å². The average Bonchev–Trinajstić information content (AvgIpc) is 2.63. The lowest BCUT2D eigenvalue weighted by Crippen LogP contribution is -2.38. The van der Waals surface area contributed by atoms with Gasteiger partial charge < -0.3 is 0 Å². The third-order valence-electron chi connectivity index (χ3n) is 4.96. The molecule has 1 heterocycles. The first-order chi connectivity index (χ1) is 12.4. The normalized spacial score (nSPS) is 16.5. The van der Waals surface area contributed by atoms with Gasteiger partial charge in [-0.25, -0.2) is 8.42 Å². The zero-order chi connectivity index (χ0) is 18.7. The smallest absolute Gasteiger partial charge is 0.258 e. The van der Waals surface area contributed by atoms with Crippen molar-refractivity contribution >= 4 is 15.7 Å². The fraction of sp³-hybridized carbons (Fsp3) is 0.368. The summed E-state index contributed by atoms with van der Waals surface area (Å²) in [5.74, 6) is 0.455. The lowest BCUT2D eigenvalue weighted by atomic mass is 9.91. The Morgan fingerprint density at radius 1 is 1.12 bits per heavy atom. The second-order valence-corrected chi connectivity index (χ2v) is 8.68. The van der Waals surface area contributed by atoms with Crippen LogP contribution < -0.4 is 0 Å². The highest BCUT2D eigenvalue weighted by Crippen LogP contribution is 2.28. The van der Waals surface area contributed by atoms with Crippen LogP contribution in [0.4, 0.5) is 5.69 Å². The summed E-state index contributed by atoms with van der Waals surface area (Å²) in [7, 11) is -3.70. The number of piperidine rings is 1. The van der Waals surface area contributed by atoms with Gasteiger partial charge in [0.1, 0.15) is 0 Å². The molecule has 1 fully saturated rings. The van der Waals surface area contributed by atoms with Crippen LogP contribution in [0.3, 0.4) is 0 Å². The van der Waals surface area contributed by atoms with E-state index in [1.807, 2.05) is 18.2 Å². The molecule has 6 nitrogen and oxygen atoms in total. The molecule has 0 unspecified atom stereocenters. The van der Waals surface area contributed by atoms with Crippen molar-refractivity contribution in [2.45, 2.75) is 31.1 Å². The van der Waals surface area contributed by atoms with Gasteiger partial charge in [0.05, 0.1) is 9.82 Å². The number of nitrogens with zero attached hydrogens (tertiary/aromatic N) is 2. The zero-order valence-corrected chi connectivity index (χ0v) is 15.5. The molecule has 0 aliphatic carbocycles. The highest BCUT2D eigenvalue weighted by molar-refractivity contribution is 7.89. The molecule has 3 rings (SSSR count). The Bertz CT molecular complexity index is 889. The van der Waals surface area contributed by atoms with Gasteiger partial charge in [-0.3, -0.25) is 10.1 Å². The first-order valence-corrected chi connectivity index (χ1v) is 10.1. The molecular formula is C19H22N2O4S. The maximum Gasteiger partial charge on any atom is 0.273 e. The molecule has 0 aromatic heterocycles. The molecule has 2 aromatic carbocycles. The summed E-state index contributed by atoms with van der Waals surface area (Å²) >= 11 is 0. The van der Waals surface area contributed by atoms with Gasteiger partial charge in [0.2, 0.25) is 10.0 Å². The minimum atomic E-state index is -3.70. The van der Waals surface area contributed by atoms with Gasteiger partial charge in [0.15, 0.2) is 0 Å². The van der Waals surface area contributed by atoms with Crippen LogP contribution >= 0.6 is 0 Å². The lowest BCUT2D eigenvalue weighted by molar-refractivity contribution is -0.385. The maximum atomic E-state index is 12.8. The minimum Gasteiger partial charge on any atom is -0.258 e. The van der Waals surface area contributed by atoms with E-state index in [4.69, 9.17) is 0 Å². The van der Waals surface area contributed by atoms with Crippen LogP contribution in [0.15, 0.2) is 53.4 Å².